The van der Waals surface area contributed by atoms with Crippen LogP contribution in [0.3, 0.4) is 0 Å². The summed E-state index contributed by atoms with van der Waals surface area (Å²) in [5, 5.41) is 22.0. The predicted molar refractivity (Wildman–Crippen MR) is 73.1 cm³/mol. The molecular formula is C14H18N2O3. The molecule has 0 saturated heterocycles. The first-order valence-electron chi connectivity index (χ1n) is 6.16. The molecule has 1 aromatic carbocycles. The van der Waals surface area contributed by atoms with Crippen molar-refractivity contribution in [1.29, 1.82) is 0 Å². The Labute approximate surface area is 111 Å². The second kappa shape index (κ2) is 6.47. The zero-order valence-corrected chi connectivity index (χ0v) is 10.8. The SMILES string of the molecule is COc1cccc2ccc(CNC(CO)CO)nc12. The van der Waals surface area contributed by atoms with Crippen LogP contribution in [0, 0.1) is 0 Å². The first-order valence-corrected chi connectivity index (χ1v) is 6.16. The van der Waals surface area contributed by atoms with Crippen LogP contribution in [0.15, 0.2) is 30.3 Å². The molecule has 0 atom stereocenters. The van der Waals surface area contributed by atoms with Gasteiger partial charge in [0, 0.05) is 11.9 Å². The number of aliphatic hydroxyl groups excluding tert-OH is 2. The summed E-state index contributed by atoms with van der Waals surface area (Å²) in [4.78, 5) is 4.54. The van der Waals surface area contributed by atoms with Crippen LogP contribution in [0.5, 0.6) is 5.75 Å². The lowest BCUT2D eigenvalue weighted by molar-refractivity contribution is 0.170. The Hall–Kier alpha value is -1.69. The topological polar surface area (TPSA) is 74.6 Å². The zero-order chi connectivity index (χ0) is 13.7. The summed E-state index contributed by atoms with van der Waals surface area (Å²) in [5.74, 6) is 0.736. The molecular weight excluding hydrogens is 244 g/mol. The average molecular weight is 262 g/mol. The van der Waals surface area contributed by atoms with Gasteiger partial charge < -0.3 is 20.3 Å². The standard InChI is InChI=1S/C14H18N2O3/c1-19-13-4-2-3-10-5-6-11(16-14(10)13)7-15-12(8-17)9-18/h2-6,12,15,17-18H,7-9H2,1H3. The number of aliphatic hydroxyl groups is 2. The summed E-state index contributed by atoms with van der Waals surface area (Å²) in [6.07, 6.45) is 0. The number of nitrogens with zero attached hydrogens (tertiary/aromatic N) is 1. The molecule has 3 N–H and O–H groups in total. The third kappa shape index (κ3) is 3.20. The van der Waals surface area contributed by atoms with E-state index >= 15 is 0 Å². The number of pyridine rings is 1. The molecule has 19 heavy (non-hydrogen) atoms. The van der Waals surface area contributed by atoms with E-state index in [1.807, 2.05) is 30.3 Å². The largest absolute Gasteiger partial charge is 0.494 e. The molecule has 1 aromatic heterocycles. The number of nitrogens with one attached hydrogen (secondary N) is 1. The van der Waals surface area contributed by atoms with Gasteiger partial charge in [0.25, 0.3) is 0 Å². The lowest BCUT2D eigenvalue weighted by Gasteiger charge is -2.13. The lowest BCUT2D eigenvalue weighted by atomic mass is 10.2. The van der Waals surface area contributed by atoms with E-state index in [0.29, 0.717) is 6.54 Å². The summed E-state index contributed by atoms with van der Waals surface area (Å²) in [5.41, 5.74) is 1.65. The van der Waals surface area contributed by atoms with Gasteiger partial charge in [0.05, 0.1) is 32.1 Å². The van der Waals surface area contributed by atoms with E-state index in [4.69, 9.17) is 14.9 Å². The lowest BCUT2D eigenvalue weighted by Crippen LogP contribution is -2.35. The molecule has 2 rings (SSSR count). The molecule has 0 unspecified atom stereocenters. The van der Waals surface area contributed by atoms with E-state index in [2.05, 4.69) is 10.3 Å². The van der Waals surface area contributed by atoms with Gasteiger partial charge in [0.2, 0.25) is 0 Å². The predicted octanol–water partition coefficient (Wildman–Crippen LogP) is 0.686. The van der Waals surface area contributed by atoms with E-state index in [9.17, 15) is 0 Å². The van der Waals surface area contributed by atoms with Crippen molar-refractivity contribution in [3.05, 3.63) is 36.0 Å². The highest BCUT2D eigenvalue weighted by Crippen LogP contribution is 2.23. The molecule has 5 nitrogen and oxygen atoms in total. The van der Waals surface area contributed by atoms with Crippen LogP contribution < -0.4 is 10.1 Å². The fraction of sp³-hybridized carbons (Fsp3) is 0.357. The van der Waals surface area contributed by atoms with E-state index in [0.717, 1.165) is 22.3 Å². The molecule has 0 amide bonds. The van der Waals surface area contributed by atoms with E-state index in [-0.39, 0.29) is 19.3 Å². The molecule has 0 spiro atoms. The minimum Gasteiger partial charge on any atom is -0.494 e. The van der Waals surface area contributed by atoms with Crippen LogP contribution in [-0.4, -0.2) is 41.6 Å². The number of hydrogen-bond donors (Lipinski definition) is 3. The highest BCUT2D eigenvalue weighted by atomic mass is 16.5. The van der Waals surface area contributed by atoms with Crippen LogP contribution in [0.25, 0.3) is 10.9 Å². The summed E-state index contributed by atoms with van der Waals surface area (Å²) in [6, 6.07) is 9.35. The summed E-state index contributed by atoms with van der Waals surface area (Å²) >= 11 is 0. The quantitative estimate of drug-likeness (QED) is 0.714. The Bertz CT molecular complexity index is 541. The zero-order valence-electron chi connectivity index (χ0n) is 10.8. The van der Waals surface area contributed by atoms with Crippen molar-refractivity contribution in [2.24, 2.45) is 0 Å². The first kappa shape index (κ1) is 13.7. The fourth-order valence-corrected chi connectivity index (χ4v) is 1.86. The van der Waals surface area contributed by atoms with E-state index < -0.39 is 0 Å². The third-order valence-electron chi connectivity index (χ3n) is 2.97. The number of para-hydroxylation sites is 1. The van der Waals surface area contributed by atoms with Crippen LogP contribution >= 0.6 is 0 Å². The average Bonchev–Trinajstić information content (AvgIpc) is 2.47. The van der Waals surface area contributed by atoms with E-state index in [1.54, 1.807) is 7.11 Å². The van der Waals surface area contributed by atoms with Crippen molar-refractivity contribution in [3.63, 3.8) is 0 Å². The molecule has 0 aliphatic rings. The first-order chi connectivity index (χ1) is 9.28. The Balaban J connectivity index is 2.21. The van der Waals surface area contributed by atoms with Gasteiger partial charge in [0.15, 0.2) is 0 Å². The molecule has 5 heteroatoms. The molecule has 2 aromatic rings. The van der Waals surface area contributed by atoms with Gasteiger partial charge in [0.1, 0.15) is 11.3 Å². The summed E-state index contributed by atoms with van der Waals surface area (Å²) in [6.45, 7) is 0.278. The molecule has 0 fully saturated rings. The third-order valence-corrected chi connectivity index (χ3v) is 2.97. The van der Waals surface area contributed by atoms with Crippen molar-refractivity contribution < 1.29 is 14.9 Å². The Kier molecular flexibility index (Phi) is 4.68. The highest BCUT2D eigenvalue weighted by molar-refractivity contribution is 5.84. The minimum absolute atomic E-state index is 0.104. The van der Waals surface area contributed by atoms with Crippen molar-refractivity contribution >= 4 is 10.9 Å². The van der Waals surface area contributed by atoms with Gasteiger partial charge in [-0.15, -0.1) is 0 Å². The van der Waals surface area contributed by atoms with Crippen molar-refractivity contribution in [2.45, 2.75) is 12.6 Å². The Morgan fingerprint density at radius 2 is 2.00 bits per heavy atom. The maximum Gasteiger partial charge on any atom is 0.145 e. The number of rotatable bonds is 6. The van der Waals surface area contributed by atoms with E-state index in [1.165, 1.54) is 0 Å². The monoisotopic (exact) mass is 262 g/mol. The highest BCUT2D eigenvalue weighted by Gasteiger charge is 2.07. The minimum atomic E-state index is -0.324. The van der Waals surface area contributed by atoms with Gasteiger partial charge in [-0.05, 0) is 12.1 Å². The summed E-state index contributed by atoms with van der Waals surface area (Å²) < 4.78 is 5.29. The van der Waals surface area contributed by atoms with Gasteiger partial charge >= 0.3 is 0 Å². The second-order valence-corrected chi connectivity index (χ2v) is 4.28. The van der Waals surface area contributed by atoms with Crippen LogP contribution in [0.1, 0.15) is 5.69 Å². The second-order valence-electron chi connectivity index (χ2n) is 4.28. The maximum atomic E-state index is 9.00. The van der Waals surface area contributed by atoms with Crippen LogP contribution in [0.4, 0.5) is 0 Å². The number of fused-ring (bicyclic) bond motifs is 1. The van der Waals surface area contributed by atoms with Crippen LogP contribution in [-0.2, 0) is 6.54 Å². The fourth-order valence-electron chi connectivity index (χ4n) is 1.86. The van der Waals surface area contributed by atoms with Gasteiger partial charge in [-0.1, -0.05) is 18.2 Å². The molecule has 102 valence electrons. The number of ether oxygens (including phenoxy) is 1. The Morgan fingerprint density at radius 1 is 1.21 bits per heavy atom. The molecule has 0 aliphatic heterocycles. The maximum absolute atomic E-state index is 9.00. The number of benzene rings is 1. The van der Waals surface area contributed by atoms with Crippen molar-refractivity contribution in [1.82, 2.24) is 10.3 Å². The smallest absolute Gasteiger partial charge is 0.145 e. The molecule has 0 radical (unpaired) electrons. The van der Waals surface area contributed by atoms with Gasteiger partial charge in [-0.25, -0.2) is 4.98 Å². The molecule has 0 aliphatic carbocycles. The Morgan fingerprint density at radius 3 is 2.68 bits per heavy atom. The van der Waals surface area contributed by atoms with Crippen LogP contribution in [0.2, 0.25) is 0 Å². The van der Waals surface area contributed by atoms with Gasteiger partial charge in [-0.3, -0.25) is 0 Å². The summed E-state index contributed by atoms with van der Waals surface area (Å²) in [7, 11) is 1.62. The van der Waals surface area contributed by atoms with Crippen molar-refractivity contribution in [2.75, 3.05) is 20.3 Å². The number of methoxy groups -OCH3 is 1. The molecule has 1 heterocycles. The molecule has 0 saturated carbocycles. The number of aromatic nitrogens is 1. The number of hydrogen-bond acceptors (Lipinski definition) is 5. The molecule has 0 bridgehead atoms. The van der Waals surface area contributed by atoms with Gasteiger partial charge in [-0.2, -0.15) is 0 Å². The van der Waals surface area contributed by atoms with Crippen molar-refractivity contribution in [3.8, 4) is 5.75 Å². The normalized spacial score (nSPS) is 11.2.